The summed E-state index contributed by atoms with van der Waals surface area (Å²) < 4.78 is 32.8. The zero-order chi connectivity index (χ0) is 14.4. The zero-order valence-electron chi connectivity index (χ0n) is 11.2. The fraction of sp³-hybridized carbons (Fsp3) is 0.538. The first-order valence-corrected chi connectivity index (χ1v) is 9.02. The maximum Gasteiger partial charge on any atom is 0.215 e. The summed E-state index contributed by atoms with van der Waals surface area (Å²) in [7, 11) is -3.30. The van der Waals surface area contributed by atoms with Crippen LogP contribution in [0.15, 0.2) is 28.7 Å². The third-order valence-corrected chi connectivity index (χ3v) is 5.27. The second-order valence-electron chi connectivity index (χ2n) is 4.70. The Hall–Kier alpha value is -0.470. The summed E-state index contributed by atoms with van der Waals surface area (Å²) in [4.78, 5) is 2.20. The predicted octanol–water partition coefficient (Wildman–Crippen LogP) is 1.20. The van der Waals surface area contributed by atoms with Crippen molar-refractivity contribution in [1.82, 2.24) is 9.62 Å². The molecule has 0 aliphatic carbocycles. The Bertz CT molecular complexity index is 530. The van der Waals surface area contributed by atoms with E-state index < -0.39 is 10.0 Å². The van der Waals surface area contributed by atoms with E-state index in [1.165, 1.54) is 0 Å². The van der Waals surface area contributed by atoms with Gasteiger partial charge in [-0.2, -0.15) is 0 Å². The second-order valence-corrected chi connectivity index (χ2v) is 7.36. The molecule has 1 heterocycles. The van der Waals surface area contributed by atoms with Gasteiger partial charge in [0.25, 0.3) is 0 Å². The first-order chi connectivity index (χ1) is 9.57. The molecular weight excluding hydrogens is 344 g/mol. The maximum absolute atomic E-state index is 12.0. The van der Waals surface area contributed by atoms with Gasteiger partial charge in [-0.3, -0.25) is 4.90 Å². The Morgan fingerprint density at radius 3 is 2.65 bits per heavy atom. The van der Waals surface area contributed by atoms with Crippen LogP contribution in [-0.4, -0.2) is 52.7 Å². The van der Waals surface area contributed by atoms with E-state index in [4.69, 9.17) is 4.74 Å². The number of hydrogen-bond acceptors (Lipinski definition) is 4. The number of morpholine rings is 1. The SMILES string of the molecule is O=S(=O)(Cc1ccccc1Br)NCCN1CCOCC1. The zero-order valence-corrected chi connectivity index (χ0v) is 13.6. The minimum atomic E-state index is -3.30. The molecule has 0 bridgehead atoms. The van der Waals surface area contributed by atoms with E-state index in [0.717, 1.165) is 42.9 Å². The Morgan fingerprint density at radius 1 is 1.25 bits per heavy atom. The standard InChI is InChI=1S/C13H19BrN2O3S/c14-13-4-2-1-3-12(13)11-20(17,18)15-5-6-16-7-9-19-10-8-16/h1-4,15H,5-11H2. The average Bonchev–Trinajstić information content (AvgIpc) is 2.42. The molecule has 0 spiro atoms. The van der Waals surface area contributed by atoms with Gasteiger partial charge in [0, 0.05) is 30.7 Å². The van der Waals surface area contributed by atoms with Crippen LogP contribution in [0, 0.1) is 0 Å². The normalized spacial score (nSPS) is 17.2. The van der Waals surface area contributed by atoms with Gasteiger partial charge in [-0.15, -0.1) is 0 Å². The molecule has 1 N–H and O–H groups in total. The topological polar surface area (TPSA) is 58.6 Å². The molecule has 1 aromatic carbocycles. The number of benzene rings is 1. The van der Waals surface area contributed by atoms with Crippen LogP contribution in [0.2, 0.25) is 0 Å². The molecule has 0 saturated carbocycles. The summed E-state index contributed by atoms with van der Waals surface area (Å²) in [5.74, 6) is -0.00245. The molecular formula is C13H19BrN2O3S. The van der Waals surface area contributed by atoms with E-state index in [1.54, 1.807) is 0 Å². The lowest BCUT2D eigenvalue weighted by Gasteiger charge is -2.26. The smallest absolute Gasteiger partial charge is 0.215 e. The van der Waals surface area contributed by atoms with Gasteiger partial charge < -0.3 is 4.74 Å². The van der Waals surface area contributed by atoms with Crippen molar-refractivity contribution in [3.63, 3.8) is 0 Å². The molecule has 0 radical (unpaired) electrons. The van der Waals surface area contributed by atoms with Crippen molar-refractivity contribution in [3.05, 3.63) is 34.3 Å². The van der Waals surface area contributed by atoms with E-state index in [1.807, 2.05) is 24.3 Å². The van der Waals surface area contributed by atoms with Gasteiger partial charge in [-0.25, -0.2) is 13.1 Å². The highest BCUT2D eigenvalue weighted by atomic mass is 79.9. The van der Waals surface area contributed by atoms with E-state index >= 15 is 0 Å². The summed E-state index contributed by atoms with van der Waals surface area (Å²) >= 11 is 3.37. The van der Waals surface area contributed by atoms with Crippen LogP contribution in [0.3, 0.4) is 0 Å². The van der Waals surface area contributed by atoms with Crippen molar-refractivity contribution >= 4 is 26.0 Å². The molecule has 2 rings (SSSR count). The summed E-state index contributed by atoms with van der Waals surface area (Å²) in [6, 6.07) is 7.36. The molecule has 7 heteroatoms. The van der Waals surface area contributed by atoms with E-state index in [9.17, 15) is 8.42 Å². The van der Waals surface area contributed by atoms with Gasteiger partial charge in [0.15, 0.2) is 0 Å². The highest BCUT2D eigenvalue weighted by Crippen LogP contribution is 2.17. The van der Waals surface area contributed by atoms with Crippen molar-refractivity contribution in [3.8, 4) is 0 Å². The second kappa shape index (κ2) is 7.51. The molecule has 0 unspecified atom stereocenters. The number of rotatable bonds is 6. The molecule has 1 fully saturated rings. The highest BCUT2D eigenvalue weighted by molar-refractivity contribution is 9.10. The number of halogens is 1. The molecule has 0 atom stereocenters. The van der Waals surface area contributed by atoms with Gasteiger partial charge in [0.1, 0.15) is 0 Å². The van der Waals surface area contributed by atoms with Crippen LogP contribution < -0.4 is 4.72 Å². The van der Waals surface area contributed by atoms with Crippen LogP contribution in [0.5, 0.6) is 0 Å². The summed E-state index contributed by atoms with van der Waals surface area (Å²) in [5.41, 5.74) is 0.770. The monoisotopic (exact) mass is 362 g/mol. The first-order valence-electron chi connectivity index (χ1n) is 6.58. The molecule has 1 aliphatic heterocycles. The van der Waals surface area contributed by atoms with Crippen molar-refractivity contribution in [2.45, 2.75) is 5.75 Å². The largest absolute Gasteiger partial charge is 0.379 e. The number of ether oxygens (including phenoxy) is 1. The molecule has 1 saturated heterocycles. The summed E-state index contributed by atoms with van der Waals surface area (Å²) in [6.07, 6.45) is 0. The Balaban J connectivity index is 1.80. The van der Waals surface area contributed by atoms with Crippen LogP contribution >= 0.6 is 15.9 Å². The van der Waals surface area contributed by atoms with Crippen molar-refractivity contribution in [1.29, 1.82) is 0 Å². The van der Waals surface area contributed by atoms with Gasteiger partial charge in [0.2, 0.25) is 10.0 Å². The average molecular weight is 363 g/mol. The maximum atomic E-state index is 12.0. The number of nitrogens with zero attached hydrogens (tertiary/aromatic N) is 1. The van der Waals surface area contributed by atoms with Gasteiger partial charge in [0.05, 0.1) is 19.0 Å². The van der Waals surface area contributed by atoms with Crippen molar-refractivity contribution < 1.29 is 13.2 Å². The molecule has 1 aromatic rings. The van der Waals surface area contributed by atoms with Gasteiger partial charge in [-0.1, -0.05) is 34.1 Å². The lowest BCUT2D eigenvalue weighted by molar-refractivity contribution is 0.0390. The number of sulfonamides is 1. The van der Waals surface area contributed by atoms with Crippen LogP contribution in [-0.2, 0) is 20.5 Å². The minimum Gasteiger partial charge on any atom is -0.379 e. The van der Waals surface area contributed by atoms with Crippen LogP contribution in [0.1, 0.15) is 5.56 Å². The Morgan fingerprint density at radius 2 is 1.95 bits per heavy atom. The minimum absolute atomic E-state index is 0.00245. The number of nitrogens with one attached hydrogen (secondary N) is 1. The summed E-state index contributed by atoms with van der Waals surface area (Å²) in [5, 5.41) is 0. The quantitative estimate of drug-likeness (QED) is 0.825. The first kappa shape index (κ1) is 15.9. The summed E-state index contributed by atoms with van der Waals surface area (Å²) in [6.45, 7) is 4.34. The fourth-order valence-corrected chi connectivity index (χ4v) is 3.83. The fourth-order valence-electron chi connectivity index (χ4n) is 2.06. The van der Waals surface area contributed by atoms with Gasteiger partial charge in [-0.05, 0) is 11.6 Å². The lowest BCUT2D eigenvalue weighted by atomic mass is 10.2. The van der Waals surface area contributed by atoms with E-state index in [2.05, 4.69) is 25.6 Å². The highest BCUT2D eigenvalue weighted by Gasteiger charge is 2.15. The van der Waals surface area contributed by atoms with Crippen molar-refractivity contribution in [2.24, 2.45) is 0 Å². The molecule has 0 aromatic heterocycles. The van der Waals surface area contributed by atoms with E-state index in [0.29, 0.717) is 6.54 Å². The molecule has 112 valence electrons. The third kappa shape index (κ3) is 5.14. The molecule has 1 aliphatic rings. The van der Waals surface area contributed by atoms with Gasteiger partial charge >= 0.3 is 0 Å². The van der Waals surface area contributed by atoms with Crippen LogP contribution in [0.25, 0.3) is 0 Å². The third-order valence-electron chi connectivity index (χ3n) is 3.16. The number of hydrogen-bond donors (Lipinski definition) is 1. The Kier molecular flexibility index (Phi) is 5.98. The molecule has 20 heavy (non-hydrogen) atoms. The predicted molar refractivity (Wildman–Crippen MR) is 82.0 cm³/mol. The molecule has 0 amide bonds. The Labute approximate surface area is 128 Å². The molecule has 5 nitrogen and oxygen atoms in total. The van der Waals surface area contributed by atoms with Crippen molar-refractivity contribution in [2.75, 3.05) is 39.4 Å². The lowest BCUT2D eigenvalue weighted by Crippen LogP contribution is -2.41. The van der Waals surface area contributed by atoms with E-state index in [-0.39, 0.29) is 5.75 Å². The van der Waals surface area contributed by atoms with Crippen LogP contribution in [0.4, 0.5) is 0 Å².